The van der Waals surface area contributed by atoms with Gasteiger partial charge in [0, 0.05) is 56.9 Å². The van der Waals surface area contributed by atoms with Crippen molar-refractivity contribution >= 4 is 12.0 Å². The van der Waals surface area contributed by atoms with Crippen molar-refractivity contribution in [1.82, 2.24) is 24.6 Å². The average molecular weight is 502 g/mol. The van der Waals surface area contributed by atoms with Crippen LogP contribution in [-0.4, -0.2) is 76.1 Å². The van der Waals surface area contributed by atoms with Gasteiger partial charge in [-0.25, -0.2) is 4.98 Å². The van der Waals surface area contributed by atoms with E-state index in [-0.39, 0.29) is 12.0 Å². The topological polar surface area (TPSA) is 61.6 Å². The second-order valence-corrected chi connectivity index (χ2v) is 10.0. The van der Waals surface area contributed by atoms with Crippen molar-refractivity contribution in [2.45, 2.75) is 50.7 Å². The third-order valence-electron chi connectivity index (χ3n) is 7.59. The van der Waals surface area contributed by atoms with E-state index in [1.165, 1.54) is 23.2 Å². The van der Waals surface area contributed by atoms with Gasteiger partial charge >= 0.3 is 6.18 Å². The van der Waals surface area contributed by atoms with E-state index < -0.39 is 11.9 Å². The molecule has 0 spiro atoms. The first kappa shape index (κ1) is 24.8. The van der Waals surface area contributed by atoms with E-state index >= 15 is 0 Å². The average Bonchev–Trinajstić information content (AvgIpc) is 3.61. The van der Waals surface area contributed by atoms with Crippen molar-refractivity contribution in [1.29, 1.82) is 0 Å². The molecule has 0 aliphatic carbocycles. The number of aliphatic imine (C=N–C) groups is 1. The van der Waals surface area contributed by atoms with Gasteiger partial charge in [0.25, 0.3) is 0 Å². The standard InChI is InChI=1S/C26H34F3N7/c1-18-22(5-8-30-18)36-12-6-19(7-13-36)21-15-20(23-16-24(26(27,28)29)33-34(23)2)17-32-25(21)31-9-14-35-10-3-4-11-35/h5,8,15-19H,3-4,6-7,9-14H2,1-2H3,(H,31,32). The van der Waals surface area contributed by atoms with Gasteiger partial charge in [0.05, 0.1) is 11.7 Å². The normalized spacial score (nSPS) is 21.4. The molecule has 5 rings (SSSR count). The summed E-state index contributed by atoms with van der Waals surface area (Å²) in [4.78, 5) is 14.0. The van der Waals surface area contributed by atoms with Crippen molar-refractivity contribution in [3.8, 4) is 11.3 Å². The molecule has 2 fully saturated rings. The lowest BCUT2D eigenvalue weighted by molar-refractivity contribution is -0.141. The van der Waals surface area contributed by atoms with E-state index in [0.29, 0.717) is 11.3 Å². The largest absolute Gasteiger partial charge is 0.435 e. The van der Waals surface area contributed by atoms with Crippen LogP contribution in [0.3, 0.4) is 0 Å². The molecule has 3 aliphatic heterocycles. The first-order chi connectivity index (χ1) is 17.3. The Balaban J connectivity index is 1.37. The van der Waals surface area contributed by atoms with Crippen molar-refractivity contribution in [3.05, 3.63) is 41.4 Å². The molecule has 0 radical (unpaired) electrons. The first-order valence-corrected chi connectivity index (χ1v) is 12.9. The maximum atomic E-state index is 13.3. The Morgan fingerprint density at radius 1 is 1.08 bits per heavy atom. The predicted octanol–water partition coefficient (Wildman–Crippen LogP) is 4.54. The van der Waals surface area contributed by atoms with Crippen molar-refractivity contribution in [2.24, 2.45) is 12.0 Å². The van der Waals surface area contributed by atoms with Crippen LogP contribution in [0.15, 0.2) is 35.1 Å². The maximum Gasteiger partial charge on any atom is 0.435 e. The molecule has 1 atom stereocenters. The van der Waals surface area contributed by atoms with Crippen LogP contribution in [0.4, 0.5) is 19.0 Å². The minimum Gasteiger partial charge on any atom is -0.373 e. The number of likely N-dealkylation sites (tertiary alicyclic amines) is 2. The maximum absolute atomic E-state index is 13.3. The van der Waals surface area contributed by atoms with Gasteiger partial charge in [0.1, 0.15) is 5.82 Å². The third-order valence-corrected chi connectivity index (χ3v) is 7.59. The molecule has 2 aromatic heterocycles. The van der Waals surface area contributed by atoms with E-state index in [2.05, 4.69) is 38.2 Å². The summed E-state index contributed by atoms with van der Waals surface area (Å²) in [6.07, 6.45) is 5.57. The summed E-state index contributed by atoms with van der Waals surface area (Å²) >= 11 is 0. The Labute approximate surface area is 210 Å². The SMILES string of the molecule is CC1N=CC=C1N1CCC(c2cc(-c3cc(C(F)(F)F)nn3C)cnc2NCCN2CCCC2)CC1. The third kappa shape index (κ3) is 5.28. The molecule has 7 nitrogen and oxygen atoms in total. The Kier molecular flexibility index (Phi) is 7.05. The Hall–Kier alpha value is -2.88. The van der Waals surface area contributed by atoms with Crippen LogP contribution in [0.1, 0.15) is 49.8 Å². The molecule has 0 bridgehead atoms. The van der Waals surface area contributed by atoms with E-state index in [4.69, 9.17) is 4.98 Å². The molecular formula is C26H34F3N7. The number of hydrogen-bond donors (Lipinski definition) is 1. The number of nitrogens with one attached hydrogen (secondary N) is 1. The molecule has 0 aromatic carbocycles. The predicted molar refractivity (Wildman–Crippen MR) is 135 cm³/mol. The molecule has 0 saturated carbocycles. The molecule has 2 aromatic rings. The van der Waals surface area contributed by atoms with Crippen LogP contribution >= 0.6 is 0 Å². The second kappa shape index (κ2) is 10.2. The van der Waals surface area contributed by atoms with E-state index in [1.807, 2.05) is 12.3 Å². The fourth-order valence-electron chi connectivity index (χ4n) is 5.58. The number of allylic oxidation sites excluding steroid dienone is 1. The zero-order valence-corrected chi connectivity index (χ0v) is 20.9. The number of piperidine rings is 1. The summed E-state index contributed by atoms with van der Waals surface area (Å²) in [6, 6.07) is 3.32. The first-order valence-electron chi connectivity index (χ1n) is 12.9. The van der Waals surface area contributed by atoms with Crippen LogP contribution < -0.4 is 5.32 Å². The second-order valence-electron chi connectivity index (χ2n) is 10.0. The van der Waals surface area contributed by atoms with Gasteiger partial charge in [0.15, 0.2) is 5.69 Å². The van der Waals surface area contributed by atoms with Gasteiger partial charge in [-0.15, -0.1) is 0 Å². The fourth-order valence-corrected chi connectivity index (χ4v) is 5.58. The number of halogens is 3. The Morgan fingerprint density at radius 3 is 2.47 bits per heavy atom. The number of aryl methyl sites for hydroxylation is 1. The molecule has 36 heavy (non-hydrogen) atoms. The quantitative estimate of drug-likeness (QED) is 0.604. The highest BCUT2D eigenvalue weighted by Gasteiger charge is 2.35. The van der Waals surface area contributed by atoms with Gasteiger partial charge < -0.3 is 15.1 Å². The molecule has 194 valence electrons. The van der Waals surface area contributed by atoms with E-state index in [9.17, 15) is 13.2 Å². The Morgan fingerprint density at radius 2 is 1.83 bits per heavy atom. The van der Waals surface area contributed by atoms with Gasteiger partial charge in [-0.3, -0.25) is 9.67 Å². The minimum atomic E-state index is -4.48. The minimum absolute atomic E-state index is 0.196. The lowest BCUT2D eigenvalue weighted by Gasteiger charge is -2.36. The van der Waals surface area contributed by atoms with Crippen molar-refractivity contribution < 1.29 is 13.2 Å². The molecule has 1 unspecified atom stereocenters. The van der Waals surface area contributed by atoms with Gasteiger partial charge in [0.2, 0.25) is 0 Å². The molecule has 3 aliphatic rings. The number of pyridine rings is 1. The summed E-state index contributed by atoms with van der Waals surface area (Å²) in [7, 11) is 1.55. The zero-order valence-electron chi connectivity index (χ0n) is 20.9. The zero-order chi connectivity index (χ0) is 25.3. The lowest BCUT2D eigenvalue weighted by atomic mass is 9.88. The summed E-state index contributed by atoms with van der Waals surface area (Å²) in [6.45, 7) is 7.99. The summed E-state index contributed by atoms with van der Waals surface area (Å²) in [5.74, 6) is 1.11. The molecular weight excluding hydrogens is 467 g/mol. The van der Waals surface area contributed by atoms with Gasteiger partial charge in [-0.05, 0) is 75.4 Å². The smallest absolute Gasteiger partial charge is 0.373 e. The highest BCUT2D eigenvalue weighted by Crippen LogP contribution is 2.37. The molecule has 10 heteroatoms. The Bertz CT molecular complexity index is 1120. The number of aromatic nitrogens is 3. The molecule has 2 saturated heterocycles. The molecule has 0 amide bonds. The summed E-state index contributed by atoms with van der Waals surface area (Å²) < 4.78 is 41.1. The van der Waals surface area contributed by atoms with Gasteiger partial charge in [-0.2, -0.15) is 18.3 Å². The van der Waals surface area contributed by atoms with Crippen LogP contribution in [0.25, 0.3) is 11.3 Å². The van der Waals surface area contributed by atoms with Gasteiger partial charge in [-0.1, -0.05) is 0 Å². The molecule has 5 heterocycles. The van der Waals surface area contributed by atoms with Crippen LogP contribution in [0, 0.1) is 0 Å². The van der Waals surface area contributed by atoms with Crippen molar-refractivity contribution in [3.63, 3.8) is 0 Å². The van der Waals surface area contributed by atoms with Crippen LogP contribution in [0.2, 0.25) is 0 Å². The monoisotopic (exact) mass is 501 g/mol. The number of anilines is 1. The fraction of sp³-hybridized carbons (Fsp3) is 0.577. The summed E-state index contributed by atoms with van der Waals surface area (Å²) in [5.41, 5.74) is 2.53. The number of nitrogens with zero attached hydrogens (tertiary/aromatic N) is 6. The van der Waals surface area contributed by atoms with Crippen LogP contribution in [-0.2, 0) is 13.2 Å². The number of hydrogen-bond acceptors (Lipinski definition) is 6. The lowest BCUT2D eigenvalue weighted by Crippen LogP contribution is -2.35. The number of alkyl halides is 3. The van der Waals surface area contributed by atoms with E-state index in [0.717, 1.165) is 69.6 Å². The summed E-state index contributed by atoms with van der Waals surface area (Å²) in [5, 5.41) is 7.23. The highest BCUT2D eigenvalue weighted by atomic mass is 19.4. The van der Waals surface area contributed by atoms with Crippen molar-refractivity contribution in [2.75, 3.05) is 44.6 Å². The highest BCUT2D eigenvalue weighted by molar-refractivity contribution is 5.75. The molecule has 1 N–H and O–H groups in total. The number of rotatable bonds is 7. The van der Waals surface area contributed by atoms with E-state index in [1.54, 1.807) is 13.2 Å². The van der Waals surface area contributed by atoms with Crippen LogP contribution in [0.5, 0.6) is 0 Å².